The number of methoxy groups -OCH3 is 1. The van der Waals surface area contributed by atoms with E-state index >= 15 is 0 Å². The molecule has 1 amide bonds. The van der Waals surface area contributed by atoms with Crippen molar-refractivity contribution in [2.24, 2.45) is 5.10 Å². The Balaban J connectivity index is 1.49. The molecule has 4 aromatic rings. The molecule has 3 aromatic carbocycles. The van der Waals surface area contributed by atoms with Gasteiger partial charge in [-0.05, 0) is 48.4 Å². The molecule has 0 fully saturated rings. The highest BCUT2D eigenvalue weighted by molar-refractivity contribution is 6.09. The van der Waals surface area contributed by atoms with Crippen LogP contribution in [-0.4, -0.2) is 23.8 Å². The van der Waals surface area contributed by atoms with Crippen molar-refractivity contribution >= 4 is 33.9 Å². The number of ether oxygens (including phenoxy) is 1. The molecule has 0 saturated heterocycles. The number of nitrogens with one attached hydrogen (secondary N) is 1. The van der Waals surface area contributed by atoms with E-state index in [1.165, 1.54) is 21.8 Å². The highest BCUT2D eigenvalue weighted by atomic mass is 16.5. The van der Waals surface area contributed by atoms with Crippen molar-refractivity contribution in [3.63, 3.8) is 0 Å². The number of benzene rings is 3. The Morgan fingerprint density at radius 1 is 1.03 bits per heavy atom. The number of carbonyl (C=O) groups is 1. The highest BCUT2D eigenvalue weighted by Gasteiger charge is 2.09. The summed E-state index contributed by atoms with van der Waals surface area (Å²) in [6.07, 6.45) is 1.95. The lowest BCUT2D eigenvalue weighted by atomic mass is 10.1. The molecule has 0 bridgehead atoms. The lowest BCUT2D eigenvalue weighted by molar-refractivity contribution is -0.120. The fraction of sp³-hybridized carbons (Fsp3) is 0.167. The quantitative estimate of drug-likeness (QED) is 0.392. The molecular weight excluding hydrogens is 362 g/mol. The molecule has 0 aliphatic carbocycles. The summed E-state index contributed by atoms with van der Waals surface area (Å²) in [7, 11) is 1.62. The van der Waals surface area contributed by atoms with Gasteiger partial charge in [0.1, 0.15) is 5.75 Å². The normalized spacial score (nSPS) is 11.4. The van der Waals surface area contributed by atoms with Crippen LogP contribution < -0.4 is 10.2 Å². The summed E-state index contributed by atoms with van der Waals surface area (Å²) < 4.78 is 7.44. The van der Waals surface area contributed by atoms with E-state index in [0.717, 1.165) is 23.4 Å². The minimum atomic E-state index is -0.157. The van der Waals surface area contributed by atoms with Crippen LogP contribution in [-0.2, 0) is 17.8 Å². The SMILES string of the molecule is CCn1c2ccccc2c2cc(C=NNC(=O)Cc3ccc(OC)cc3)ccc21. The minimum absolute atomic E-state index is 0.157. The Hall–Kier alpha value is -3.60. The molecule has 4 rings (SSSR count). The highest BCUT2D eigenvalue weighted by Crippen LogP contribution is 2.29. The van der Waals surface area contributed by atoms with Crippen molar-refractivity contribution in [2.75, 3.05) is 7.11 Å². The van der Waals surface area contributed by atoms with Crippen LogP contribution in [0.1, 0.15) is 18.1 Å². The number of fused-ring (bicyclic) bond motifs is 3. The number of rotatable bonds is 6. The summed E-state index contributed by atoms with van der Waals surface area (Å²) in [6.45, 7) is 3.07. The number of hydrogen-bond acceptors (Lipinski definition) is 3. The van der Waals surface area contributed by atoms with Crippen LogP contribution >= 0.6 is 0 Å². The maximum Gasteiger partial charge on any atom is 0.244 e. The van der Waals surface area contributed by atoms with E-state index in [1.807, 2.05) is 30.3 Å². The van der Waals surface area contributed by atoms with Gasteiger partial charge in [-0.25, -0.2) is 5.43 Å². The molecule has 1 heterocycles. The maximum atomic E-state index is 12.1. The number of hydrazone groups is 1. The van der Waals surface area contributed by atoms with Crippen LogP contribution in [0.15, 0.2) is 71.8 Å². The third-order valence-corrected chi connectivity index (χ3v) is 5.04. The molecule has 0 atom stereocenters. The monoisotopic (exact) mass is 385 g/mol. The number of hydrogen-bond donors (Lipinski definition) is 1. The number of carbonyl (C=O) groups excluding carboxylic acids is 1. The summed E-state index contributed by atoms with van der Waals surface area (Å²) in [4.78, 5) is 12.1. The first-order valence-corrected chi connectivity index (χ1v) is 9.65. The average molecular weight is 385 g/mol. The second-order valence-electron chi connectivity index (χ2n) is 6.86. The van der Waals surface area contributed by atoms with E-state index in [4.69, 9.17) is 4.74 Å². The van der Waals surface area contributed by atoms with Crippen LogP contribution in [0.4, 0.5) is 0 Å². The summed E-state index contributed by atoms with van der Waals surface area (Å²) in [5.41, 5.74) is 6.89. The second-order valence-corrected chi connectivity index (χ2v) is 6.86. The van der Waals surface area contributed by atoms with Gasteiger partial charge >= 0.3 is 0 Å². The molecule has 0 radical (unpaired) electrons. The summed E-state index contributed by atoms with van der Waals surface area (Å²) in [5.74, 6) is 0.613. The Morgan fingerprint density at radius 2 is 1.79 bits per heavy atom. The van der Waals surface area contributed by atoms with E-state index in [2.05, 4.69) is 58.4 Å². The molecule has 0 aliphatic heterocycles. The molecule has 5 nitrogen and oxygen atoms in total. The first-order valence-electron chi connectivity index (χ1n) is 9.65. The Bertz CT molecular complexity index is 1190. The van der Waals surface area contributed by atoms with E-state index in [-0.39, 0.29) is 12.3 Å². The van der Waals surface area contributed by atoms with Gasteiger partial charge in [-0.15, -0.1) is 0 Å². The van der Waals surface area contributed by atoms with Gasteiger partial charge < -0.3 is 9.30 Å². The van der Waals surface area contributed by atoms with Crippen molar-refractivity contribution in [3.05, 3.63) is 77.9 Å². The standard InChI is InChI=1S/C24H23N3O2/c1-3-27-22-7-5-4-6-20(22)21-14-18(10-13-23(21)27)16-25-26-24(28)15-17-8-11-19(29-2)12-9-17/h4-14,16H,3,15H2,1-2H3,(H,26,28). The van der Waals surface area contributed by atoms with Crippen molar-refractivity contribution in [3.8, 4) is 5.75 Å². The van der Waals surface area contributed by atoms with Gasteiger partial charge in [0.15, 0.2) is 0 Å². The third kappa shape index (κ3) is 3.85. The van der Waals surface area contributed by atoms with E-state index in [9.17, 15) is 4.79 Å². The van der Waals surface area contributed by atoms with Crippen LogP contribution in [0.25, 0.3) is 21.8 Å². The molecule has 0 saturated carbocycles. The average Bonchev–Trinajstić information content (AvgIpc) is 3.07. The number of aryl methyl sites for hydroxylation is 1. The van der Waals surface area contributed by atoms with Gasteiger partial charge in [0.2, 0.25) is 5.91 Å². The van der Waals surface area contributed by atoms with Crippen molar-refractivity contribution < 1.29 is 9.53 Å². The number of aromatic nitrogens is 1. The molecule has 146 valence electrons. The van der Waals surface area contributed by atoms with Gasteiger partial charge in [0.05, 0.1) is 19.7 Å². The van der Waals surface area contributed by atoms with Crippen LogP contribution in [0.5, 0.6) is 5.75 Å². The largest absolute Gasteiger partial charge is 0.497 e. The predicted octanol–water partition coefficient (Wildman–Crippen LogP) is 4.52. The van der Waals surface area contributed by atoms with E-state index < -0.39 is 0 Å². The van der Waals surface area contributed by atoms with E-state index in [0.29, 0.717) is 0 Å². The fourth-order valence-electron chi connectivity index (χ4n) is 3.64. The number of nitrogens with zero attached hydrogens (tertiary/aromatic N) is 2. The molecule has 29 heavy (non-hydrogen) atoms. The Labute approximate surface area is 169 Å². The maximum absolute atomic E-state index is 12.1. The predicted molar refractivity (Wildman–Crippen MR) is 118 cm³/mol. The topological polar surface area (TPSA) is 55.6 Å². The van der Waals surface area contributed by atoms with Gasteiger partial charge in [-0.2, -0.15) is 5.10 Å². The summed E-state index contributed by atoms with van der Waals surface area (Å²) in [5, 5.41) is 6.55. The van der Waals surface area contributed by atoms with Crippen molar-refractivity contribution in [2.45, 2.75) is 19.9 Å². The van der Waals surface area contributed by atoms with Crippen molar-refractivity contribution in [1.29, 1.82) is 0 Å². The first kappa shape index (κ1) is 18.7. The summed E-state index contributed by atoms with van der Waals surface area (Å²) >= 11 is 0. The Kier molecular flexibility index (Phi) is 5.29. The number of para-hydroxylation sites is 1. The third-order valence-electron chi connectivity index (χ3n) is 5.04. The summed E-state index contributed by atoms with van der Waals surface area (Å²) in [6, 6.07) is 22.1. The zero-order valence-electron chi connectivity index (χ0n) is 16.6. The zero-order valence-corrected chi connectivity index (χ0v) is 16.6. The number of amides is 1. The van der Waals surface area contributed by atoms with Gasteiger partial charge in [0.25, 0.3) is 0 Å². The first-order chi connectivity index (χ1) is 14.2. The van der Waals surface area contributed by atoms with Gasteiger partial charge in [-0.1, -0.05) is 36.4 Å². The van der Waals surface area contributed by atoms with E-state index in [1.54, 1.807) is 13.3 Å². The van der Waals surface area contributed by atoms with Crippen LogP contribution in [0.2, 0.25) is 0 Å². The van der Waals surface area contributed by atoms with Gasteiger partial charge in [0, 0.05) is 28.4 Å². The van der Waals surface area contributed by atoms with Crippen LogP contribution in [0, 0.1) is 0 Å². The molecule has 0 spiro atoms. The molecule has 1 aromatic heterocycles. The minimum Gasteiger partial charge on any atom is -0.497 e. The van der Waals surface area contributed by atoms with Crippen molar-refractivity contribution in [1.82, 2.24) is 9.99 Å². The smallest absolute Gasteiger partial charge is 0.244 e. The van der Waals surface area contributed by atoms with Crippen LogP contribution in [0.3, 0.4) is 0 Å². The van der Waals surface area contributed by atoms with Gasteiger partial charge in [-0.3, -0.25) is 4.79 Å². The Morgan fingerprint density at radius 3 is 2.55 bits per heavy atom. The molecule has 1 N–H and O–H groups in total. The lowest BCUT2D eigenvalue weighted by Gasteiger charge is -2.03. The molecule has 0 unspecified atom stereocenters. The lowest BCUT2D eigenvalue weighted by Crippen LogP contribution is -2.19. The zero-order chi connectivity index (χ0) is 20.2. The molecular formula is C24H23N3O2. The molecule has 0 aliphatic rings. The fourth-order valence-corrected chi connectivity index (χ4v) is 3.64. The molecule has 5 heteroatoms. The second kappa shape index (κ2) is 8.19.